The largest absolute Gasteiger partial charge is 0.480 e. The van der Waals surface area contributed by atoms with Gasteiger partial charge in [0.2, 0.25) is 0 Å². The lowest BCUT2D eigenvalue weighted by atomic mass is 10.0. The Morgan fingerprint density at radius 1 is 1.35 bits per heavy atom. The first-order chi connectivity index (χ1) is 11.1. The van der Waals surface area contributed by atoms with Crippen LogP contribution in [-0.2, 0) is 25.5 Å². The zero-order valence-corrected chi connectivity index (χ0v) is 12.5. The first-order valence-electron chi connectivity index (χ1n) is 7.42. The number of H-pyrrole nitrogens is 1. The second kappa shape index (κ2) is 6.80. The number of hydrogen-bond acceptors (Lipinski definition) is 4. The summed E-state index contributed by atoms with van der Waals surface area (Å²) in [6.07, 6.45) is 1.21. The van der Waals surface area contributed by atoms with Crippen LogP contribution in [0.2, 0.25) is 0 Å². The van der Waals surface area contributed by atoms with E-state index in [9.17, 15) is 14.7 Å². The number of aromatic amines is 1. The van der Waals surface area contributed by atoms with E-state index in [0.29, 0.717) is 13.2 Å². The molecule has 0 aliphatic carbocycles. The van der Waals surface area contributed by atoms with Crippen molar-refractivity contribution >= 4 is 22.8 Å². The monoisotopic (exact) mass is 318 g/mol. The van der Waals surface area contributed by atoms with Gasteiger partial charge in [-0.25, -0.2) is 4.79 Å². The van der Waals surface area contributed by atoms with Crippen LogP contribution in [0.15, 0.2) is 30.5 Å². The van der Waals surface area contributed by atoms with Gasteiger partial charge in [0, 0.05) is 23.5 Å². The summed E-state index contributed by atoms with van der Waals surface area (Å²) in [6.45, 7) is 0.922. The van der Waals surface area contributed by atoms with Gasteiger partial charge in [-0.05, 0) is 11.6 Å². The van der Waals surface area contributed by atoms with E-state index in [1.165, 1.54) is 0 Å². The Labute approximate surface area is 132 Å². The predicted octanol–water partition coefficient (Wildman–Crippen LogP) is 0.695. The fourth-order valence-corrected chi connectivity index (χ4v) is 2.62. The van der Waals surface area contributed by atoms with Gasteiger partial charge in [0.1, 0.15) is 6.04 Å². The Balaban J connectivity index is 1.71. The van der Waals surface area contributed by atoms with Crippen molar-refractivity contribution in [2.45, 2.75) is 18.6 Å². The molecule has 1 aliphatic heterocycles. The van der Waals surface area contributed by atoms with Gasteiger partial charge in [0.25, 0.3) is 5.91 Å². The van der Waals surface area contributed by atoms with Gasteiger partial charge in [-0.2, -0.15) is 0 Å². The number of hydrogen-bond donors (Lipinski definition) is 3. The van der Waals surface area contributed by atoms with Crippen molar-refractivity contribution in [3.63, 3.8) is 0 Å². The minimum Gasteiger partial charge on any atom is -0.480 e. The molecule has 0 saturated carbocycles. The number of nitrogens with one attached hydrogen (secondary N) is 2. The lowest BCUT2D eigenvalue weighted by molar-refractivity contribution is -0.152. The first kappa shape index (κ1) is 15.5. The van der Waals surface area contributed by atoms with E-state index in [2.05, 4.69) is 10.3 Å². The summed E-state index contributed by atoms with van der Waals surface area (Å²) in [6, 6.07) is 6.61. The molecule has 7 heteroatoms. The van der Waals surface area contributed by atoms with Gasteiger partial charge in [-0.3, -0.25) is 4.79 Å². The molecule has 1 saturated heterocycles. The highest BCUT2D eigenvalue weighted by atomic mass is 16.6. The van der Waals surface area contributed by atoms with Gasteiger partial charge in [0.15, 0.2) is 6.10 Å². The lowest BCUT2D eigenvalue weighted by Crippen LogP contribution is -2.50. The molecule has 0 radical (unpaired) electrons. The Morgan fingerprint density at radius 2 is 2.17 bits per heavy atom. The molecule has 0 spiro atoms. The van der Waals surface area contributed by atoms with E-state index >= 15 is 0 Å². The number of carbonyl (C=O) groups is 2. The number of carboxylic acid groups (broad SMARTS) is 1. The molecule has 1 fully saturated rings. The maximum atomic E-state index is 12.1. The number of aromatic nitrogens is 1. The van der Waals surface area contributed by atoms with Crippen LogP contribution in [0.25, 0.3) is 10.9 Å². The second-order valence-corrected chi connectivity index (χ2v) is 5.40. The summed E-state index contributed by atoms with van der Waals surface area (Å²) < 4.78 is 10.5. The van der Waals surface area contributed by atoms with Crippen LogP contribution in [0.5, 0.6) is 0 Å². The van der Waals surface area contributed by atoms with E-state index in [-0.39, 0.29) is 13.0 Å². The molecule has 1 aliphatic rings. The molecule has 1 aromatic heterocycles. The summed E-state index contributed by atoms with van der Waals surface area (Å²) in [7, 11) is 0. The number of para-hydroxylation sites is 1. The van der Waals surface area contributed by atoms with Crippen LogP contribution in [-0.4, -0.2) is 53.9 Å². The fraction of sp³-hybridized carbons (Fsp3) is 0.375. The molecule has 0 bridgehead atoms. The Kier molecular flexibility index (Phi) is 4.59. The van der Waals surface area contributed by atoms with E-state index < -0.39 is 24.0 Å². The van der Waals surface area contributed by atoms with Crippen LogP contribution < -0.4 is 5.32 Å². The number of ether oxygens (including phenoxy) is 2. The topological polar surface area (TPSA) is 101 Å². The molecular weight excluding hydrogens is 300 g/mol. The molecule has 2 unspecified atom stereocenters. The van der Waals surface area contributed by atoms with Crippen LogP contribution in [0, 0.1) is 0 Å². The first-order valence-corrected chi connectivity index (χ1v) is 7.42. The van der Waals surface area contributed by atoms with Gasteiger partial charge in [0.05, 0.1) is 19.8 Å². The highest BCUT2D eigenvalue weighted by Crippen LogP contribution is 2.19. The van der Waals surface area contributed by atoms with Crippen molar-refractivity contribution < 1.29 is 24.2 Å². The molecular formula is C16H18N2O5. The number of rotatable bonds is 5. The Morgan fingerprint density at radius 3 is 2.91 bits per heavy atom. The number of amides is 1. The molecule has 3 rings (SSSR count). The number of fused-ring (bicyclic) bond motifs is 1. The summed E-state index contributed by atoms with van der Waals surface area (Å²) in [5.41, 5.74) is 1.77. The number of aliphatic carboxylic acids is 1. The molecule has 2 atom stereocenters. The van der Waals surface area contributed by atoms with Gasteiger partial charge < -0.3 is 24.9 Å². The molecule has 1 aromatic carbocycles. The lowest BCUT2D eigenvalue weighted by Gasteiger charge is -2.24. The zero-order valence-electron chi connectivity index (χ0n) is 12.5. The third-order valence-corrected chi connectivity index (χ3v) is 3.82. The number of carbonyl (C=O) groups excluding carboxylic acids is 1. The minimum atomic E-state index is -1.08. The van der Waals surface area contributed by atoms with Crippen LogP contribution in [0.3, 0.4) is 0 Å². The predicted molar refractivity (Wildman–Crippen MR) is 82.1 cm³/mol. The number of carboxylic acids is 1. The van der Waals surface area contributed by atoms with E-state index in [1.54, 1.807) is 6.20 Å². The highest BCUT2D eigenvalue weighted by molar-refractivity contribution is 5.88. The highest BCUT2D eigenvalue weighted by Gasteiger charge is 2.28. The summed E-state index contributed by atoms with van der Waals surface area (Å²) >= 11 is 0. The Bertz CT molecular complexity index is 705. The molecule has 23 heavy (non-hydrogen) atoms. The average Bonchev–Trinajstić information content (AvgIpc) is 2.98. The summed E-state index contributed by atoms with van der Waals surface area (Å²) in [4.78, 5) is 26.7. The smallest absolute Gasteiger partial charge is 0.326 e. The van der Waals surface area contributed by atoms with Crippen molar-refractivity contribution in [2.75, 3.05) is 19.8 Å². The molecule has 1 amide bonds. The zero-order chi connectivity index (χ0) is 16.2. The van der Waals surface area contributed by atoms with Gasteiger partial charge in [-0.15, -0.1) is 0 Å². The minimum absolute atomic E-state index is 0.144. The van der Waals surface area contributed by atoms with Crippen molar-refractivity contribution in [3.8, 4) is 0 Å². The molecule has 2 heterocycles. The quantitative estimate of drug-likeness (QED) is 0.753. The third-order valence-electron chi connectivity index (χ3n) is 3.82. The maximum Gasteiger partial charge on any atom is 0.326 e. The number of benzene rings is 1. The van der Waals surface area contributed by atoms with Crippen molar-refractivity contribution in [2.24, 2.45) is 0 Å². The normalized spacial score (nSPS) is 19.4. The fourth-order valence-electron chi connectivity index (χ4n) is 2.62. The van der Waals surface area contributed by atoms with Crippen LogP contribution in [0.4, 0.5) is 0 Å². The summed E-state index contributed by atoms with van der Waals surface area (Å²) in [5.74, 6) is -1.54. The van der Waals surface area contributed by atoms with Gasteiger partial charge >= 0.3 is 5.97 Å². The van der Waals surface area contributed by atoms with Crippen molar-refractivity contribution in [1.29, 1.82) is 0 Å². The molecule has 122 valence electrons. The third kappa shape index (κ3) is 3.52. The standard InChI is InChI=1S/C16H18N2O5/c19-15(14-9-22-5-6-23-14)18-13(16(20)21)7-10-8-17-12-4-2-1-3-11(10)12/h1-4,8,13-14,17H,5-7,9H2,(H,18,19)(H,20,21). The summed E-state index contributed by atoms with van der Waals surface area (Å²) in [5, 5.41) is 12.9. The van der Waals surface area contributed by atoms with Crippen LogP contribution in [0.1, 0.15) is 5.56 Å². The maximum absolute atomic E-state index is 12.1. The van der Waals surface area contributed by atoms with Crippen LogP contribution >= 0.6 is 0 Å². The second-order valence-electron chi connectivity index (χ2n) is 5.40. The van der Waals surface area contributed by atoms with Gasteiger partial charge in [-0.1, -0.05) is 18.2 Å². The molecule has 2 aromatic rings. The van der Waals surface area contributed by atoms with Crippen molar-refractivity contribution in [1.82, 2.24) is 10.3 Å². The van der Waals surface area contributed by atoms with Crippen molar-refractivity contribution in [3.05, 3.63) is 36.0 Å². The molecule has 7 nitrogen and oxygen atoms in total. The van der Waals surface area contributed by atoms with E-state index in [0.717, 1.165) is 16.5 Å². The van der Waals surface area contributed by atoms with E-state index in [1.807, 2.05) is 24.3 Å². The SMILES string of the molecule is O=C(O)C(Cc1c[nH]c2ccccc12)NC(=O)C1COCCO1. The van der Waals surface area contributed by atoms with E-state index in [4.69, 9.17) is 9.47 Å². The average molecular weight is 318 g/mol. The Hall–Kier alpha value is -2.38. The molecule has 3 N–H and O–H groups in total.